The third kappa shape index (κ3) is 4.13. The van der Waals surface area contributed by atoms with Gasteiger partial charge in [-0.2, -0.15) is 24.0 Å². The number of tetrazole rings is 1. The third-order valence-electron chi connectivity index (χ3n) is 4.12. The number of rotatable bonds is 6. The quantitative estimate of drug-likeness (QED) is 0.372. The first-order chi connectivity index (χ1) is 13.8. The number of nitrogens with two attached hydrogens (primary N) is 1. The van der Waals surface area contributed by atoms with Gasteiger partial charge in [0.05, 0.1) is 16.3 Å². The minimum Gasteiger partial charge on any atom is -0.435 e. The van der Waals surface area contributed by atoms with Crippen LogP contribution in [0, 0.1) is 0 Å². The molecule has 0 saturated carbocycles. The van der Waals surface area contributed by atoms with E-state index >= 15 is 0 Å². The highest BCUT2D eigenvalue weighted by Crippen LogP contribution is 2.35. The molecular formula is C18H16ClF2N5O3. The molecule has 1 heterocycles. The summed E-state index contributed by atoms with van der Waals surface area (Å²) in [5.41, 5.74) is 1.04. The molecule has 0 bridgehead atoms. The Morgan fingerprint density at radius 2 is 1.93 bits per heavy atom. The number of hydrogen-bond donors (Lipinski definition) is 1. The van der Waals surface area contributed by atoms with Gasteiger partial charge >= 0.3 is 12.3 Å². The summed E-state index contributed by atoms with van der Waals surface area (Å²) in [5, 5.41) is 7.74. The van der Waals surface area contributed by atoms with E-state index in [0.717, 1.165) is 9.36 Å². The van der Waals surface area contributed by atoms with E-state index in [2.05, 4.69) is 15.2 Å². The second kappa shape index (κ2) is 8.41. The Hall–Kier alpha value is -3.24. The maximum atomic E-state index is 12.5. The van der Waals surface area contributed by atoms with Gasteiger partial charge in [0.15, 0.2) is 5.76 Å². The first kappa shape index (κ1) is 20.5. The Balaban J connectivity index is 2.21. The van der Waals surface area contributed by atoms with Crippen molar-refractivity contribution >= 4 is 22.9 Å². The van der Waals surface area contributed by atoms with Crippen molar-refractivity contribution in [2.45, 2.75) is 13.5 Å². The highest BCUT2D eigenvalue weighted by molar-refractivity contribution is 6.33. The molecule has 3 aromatic rings. The molecule has 2 aromatic carbocycles. The molecule has 0 aliphatic heterocycles. The predicted octanol–water partition coefficient (Wildman–Crippen LogP) is 3.00. The monoisotopic (exact) mass is 423 g/mol. The fraction of sp³-hybridized carbons (Fsp3) is 0.167. The normalized spacial score (nSPS) is 12.1. The Morgan fingerprint density at radius 1 is 1.21 bits per heavy atom. The topological polar surface area (TPSA) is 97.2 Å². The minimum atomic E-state index is -2.96. The van der Waals surface area contributed by atoms with Gasteiger partial charge < -0.3 is 9.57 Å². The summed E-state index contributed by atoms with van der Waals surface area (Å²) in [4.78, 5) is 17.4. The van der Waals surface area contributed by atoms with E-state index in [0.29, 0.717) is 11.1 Å². The van der Waals surface area contributed by atoms with Crippen LogP contribution < -0.4 is 16.3 Å². The average Bonchev–Trinajstić information content (AvgIpc) is 3.02. The largest absolute Gasteiger partial charge is 0.435 e. The van der Waals surface area contributed by atoms with E-state index in [4.69, 9.17) is 22.3 Å². The van der Waals surface area contributed by atoms with Crippen LogP contribution in [0.2, 0.25) is 5.02 Å². The SMILES string of the molecule is C/C(=C(\ON)c1c(Cl)cccc1-n1nnn(C)c1=O)c1cccc(OC(F)F)c1. The summed E-state index contributed by atoms with van der Waals surface area (Å²) in [6, 6.07) is 10.8. The maximum absolute atomic E-state index is 12.5. The average molecular weight is 424 g/mol. The number of halogens is 3. The van der Waals surface area contributed by atoms with Crippen molar-refractivity contribution in [3.05, 3.63) is 69.1 Å². The fourth-order valence-corrected chi connectivity index (χ4v) is 3.01. The van der Waals surface area contributed by atoms with Crippen LogP contribution in [0.15, 0.2) is 47.3 Å². The third-order valence-corrected chi connectivity index (χ3v) is 4.43. The molecule has 0 atom stereocenters. The highest BCUT2D eigenvalue weighted by atomic mass is 35.5. The number of allylic oxidation sites excluding steroid dienone is 1. The molecule has 152 valence electrons. The van der Waals surface area contributed by atoms with E-state index in [1.54, 1.807) is 37.3 Å². The van der Waals surface area contributed by atoms with Crippen molar-refractivity contribution in [1.82, 2.24) is 19.8 Å². The van der Waals surface area contributed by atoms with Gasteiger partial charge in [-0.05, 0) is 47.2 Å². The van der Waals surface area contributed by atoms with E-state index in [9.17, 15) is 13.6 Å². The molecule has 0 aliphatic rings. The lowest BCUT2D eigenvalue weighted by atomic mass is 10.0. The lowest BCUT2D eigenvalue weighted by Crippen LogP contribution is -2.23. The molecule has 0 amide bonds. The number of nitrogens with zero attached hydrogens (tertiary/aromatic N) is 4. The second-order valence-electron chi connectivity index (χ2n) is 5.91. The zero-order valence-electron chi connectivity index (χ0n) is 15.3. The summed E-state index contributed by atoms with van der Waals surface area (Å²) >= 11 is 6.38. The first-order valence-corrected chi connectivity index (χ1v) is 8.62. The van der Waals surface area contributed by atoms with Crippen molar-refractivity contribution in [1.29, 1.82) is 0 Å². The van der Waals surface area contributed by atoms with E-state index in [1.807, 2.05) is 0 Å². The molecule has 0 aliphatic carbocycles. The van der Waals surface area contributed by atoms with Crippen LogP contribution in [-0.2, 0) is 11.9 Å². The summed E-state index contributed by atoms with van der Waals surface area (Å²) in [6.45, 7) is -1.30. The van der Waals surface area contributed by atoms with Crippen LogP contribution in [0.5, 0.6) is 5.75 Å². The van der Waals surface area contributed by atoms with E-state index < -0.39 is 12.3 Å². The van der Waals surface area contributed by atoms with Crippen LogP contribution in [0.25, 0.3) is 17.0 Å². The van der Waals surface area contributed by atoms with Gasteiger partial charge in [-0.1, -0.05) is 29.8 Å². The van der Waals surface area contributed by atoms with Crippen molar-refractivity contribution in [2.75, 3.05) is 0 Å². The van der Waals surface area contributed by atoms with Crippen molar-refractivity contribution in [3.63, 3.8) is 0 Å². The zero-order chi connectivity index (χ0) is 21.1. The molecule has 3 rings (SSSR count). The van der Waals surface area contributed by atoms with Crippen LogP contribution >= 0.6 is 11.6 Å². The lowest BCUT2D eigenvalue weighted by molar-refractivity contribution is -0.0498. The van der Waals surface area contributed by atoms with Gasteiger partial charge in [0.2, 0.25) is 0 Å². The number of ether oxygens (including phenoxy) is 1. The summed E-state index contributed by atoms with van der Waals surface area (Å²) < 4.78 is 31.6. The number of alkyl halides is 2. The molecule has 0 fully saturated rings. The van der Waals surface area contributed by atoms with Gasteiger partial charge in [0.1, 0.15) is 5.75 Å². The molecule has 2 N–H and O–H groups in total. The van der Waals surface area contributed by atoms with Crippen LogP contribution in [-0.4, -0.2) is 26.4 Å². The van der Waals surface area contributed by atoms with Crippen LogP contribution in [0.4, 0.5) is 8.78 Å². The Bertz CT molecular complexity index is 1130. The number of aryl methyl sites for hydroxylation is 1. The molecule has 0 saturated heterocycles. The molecule has 0 unspecified atom stereocenters. The smallest absolute Gasteiger partial charge is 0.387 e. The van der Waals surface area contributed by atoms with Crippen LogP contribution in [0.3, 0.4) is 0 Å². The van der Waals surface area contributed by atoms with Gasteiger partial charge in [-0.25, -0.2) is 4.79 Å². The summed E-state index contributed by atoms with van der Waals surface area (Å²) in [6.07, 6.45) is 0. The standard InChI is InChI=1S/C18H16ClF2N5O3/c1-10(11-5-3-6-12(9-11)28-17(20)21)16(29-22)15-13(19)7-4-8-14(15)26-18(27)25(2)23-24-26/h3-9,17H,22H2,1-2H3/b16-10+. The lowest BCUT2D eigenvalue weighted by Gasteiger charge is -2.16. The minimum absolute atomic E-state index is 0.0299. The fourth-order valence-electron chi connectivity index (χ4n) is 2.75. The molecule has 0 spiro atoms. The highest BCUT2D eigenvalue weighted by Gasteiger charge is 2.21. The van der Waals surface area contributed by atoms with Gasteiger partial charge in [0.25, 0.3) is 0 Å². The Labute approximate surface area is 168 Å². The molecule has 1 aromatic heterocycles. The number of benzene rings is 2. The molecule has 8 nitrogen and oxygen atoms in total. The zero-order valence-corrected chi connectivity index (χ0v) is 16.1. The molecule has 0 radical (unpaired) electrons. The number of hydrogen-bond acceptors (Lipinski definition) is 6. The summed E-state index contributed by atoms with van der Waals surface area (Å²) in [5.74, 6) is 5.62. The molecule has 11 heteroatoms. The van der Waals surface area contributed by atoms with Crippen molar-refractivity contribution in [3.8, 4) is 11.4 Å². The van der Waals surface area contributed by atoms with E-state index in [1.165, 1.54) is 19.2 Å². The van der Waals surface area contributed by atoms with Gasteiger partial charge in [-0.15, -0.1) is 0 Å². The van der Waals surface area contributed by atoms with Crippen LogP contribution in [0.1, 0.15) is 18.1 Å². The Kier molecular flexibility index (Phi) is 5.95. The van der Waals surface area contributed by atoms with Gasteiger partial charge in [0, 0.05) is 12.6 Å². The second-order valence-corrected chi connectivity index (χ2v) is 6.32. The molecule has 29 heavy (non-hydrogen) atoms. The van der Waals surface area contributed by atoms with Crippen molar-refractivity contribution in [2.24, 2.45) is 12.9 Å². The van der Waals surface area contributed by atoms with E-state index in [-0.39, 0.29) is 27.8 Å². The van der Waals surface area contributed by atoms with Crippen molar-refractivity contribution < 1.29 is 18.4 Å². The Morgan fingerprint density at radius 3 is 2.55 bits per heavy atom. The predicted molar refractivity (Wildman–Crippen MR) is 102 cm³/mol. The van der Waals surface area contributed by atoms with Gasteiger partial charge in [-0.3, -0.25) is 0 Å². The summed E-state index contributed by atoms with van der Waals surface area (Å²) in [7, 11) is 1.45. The molecular weight excluding hydrogens is 408 g/mol. The number of aromatic nitrogens is 4. The first-order valence-electron chi connectivity index (χ1n) is 8.24. The maximum Gasteiger partial charge on any atom is 0.387 e.